The first-order valence-corrected chi connectivity index (χ1v) is 8.90. The zero-order valence-corrected chi connectivity index (χ0v) is 12.2. The van der Waals surface area contributed by atoms with Crippen LogP contribution in [-0.2, 0) is 19.4 Å². The van der Waals surface area contributed by atoms with Gasteiger partial charge in [-0.2, -0.15) is 0 Å². The summed E-state index contributed by atoms with van der Waals surface area (Å²) in [7, 11) is -2.92. The minimum atomic E-state index is -2.92. The van der Waals surface area contributed by atoms with Crippen molar-refractivity contribution >= 4 is 21.7 Å². The van der Waals surface area contributed by atoms with Crippen molar-refractivity contribution in [3.8, 4) is 0 Å². The summed E-state index contributed by atoms with van der Waals surface area (Å²) in [6.07, 6.45) is 3.11. The molecule has 1 amide bonds. The molecule has 0 spiro atoms. The minimum absolute atomic E-state index is 0.00260. The molecule has 114 valence electrons. The maximum absolute atomic E-state index is 12.0. The molecule has 1 saturated heterocycles. The normalized spacial score (nSPS) is 32.7. The fourth-order valence-electron chi connectivity index (χ4n) is 3.07. The Labute approximate surface area is 118 Å². The lowest BCUT2D eigenvalue weighted by atomic mass is 9.81. The van der Waals surface area contributed by atoms with Crippen LogP contribution in [0.4, 0.5) is 0 Å². The number of nitrogens with one attached hydrogen (secondary N) is 1. The van der Waals surface area contributed by atoms with Gasteiger partial charge < -0.3 is 10.4 Å². The van der Waals surface area contributed by atoms with Crippen LogP contribution in [0.5, 0.6) is 0 Å². The Morgan fingerprint density at radius 1 is 1.15 bits per heavy atom. The van der Waals surface area contributed by atoms with Crippen LogP contribution in [-0.4, -0.2) is 43.5 Å². The molecular formula is C13H21NO5S. The molecule has 0 aromatic carbocycles. The van der Waals surface area contributed by atoms with Gasteiger partial charge in [0, 0.05) is 12.5 Å². The molecule has 2 N–H and O–H groups in total. The Balaban J connectivity index is 1.79. The van der Waals surface area contributed by atoms with Crippen molar-refractivity contribution < 1.29 is 23.1 Å². The highest BCUT2D eigenvalue weighted by atomic mass is 32.2. The van der Waals surface area contributed by atoms with Crippen molar-refractivity contribution in [3.05, 3.63) is 0 Å². The zero-order chi connectivity index (χ0) is 14.8. The van der Waals surface area contributed by atoms with Gasteiger partial charge in [-0.1, -0.05) is 6.42 Å². The third kappa shape index (κ3) is 3.94. The number of carbonyl (C=O) groups is 2. The van der Waals surface area contributed by atoms with Gasteiger partial charge in [0.2, 0.25) is 5.91 Å². The molecule has 7 heteroatoms. The summed E-state index contributed by atoms with van der Waals surface area (Å²) in [5.41, 5.74) is 0. The fourth-order valence-corrected chi connectivity index (χ4v) is 4.94. The number of hydrogen-bond acceptors (Lipinski definition) is 4. The van der Waals surface area contributed by atoms with Gasteiger partial charge in [0.15, 0.2) is 9.84 Å². The molecule has 2 rings (SSSR count). The monoisotopic (exact) mass is 303 g/mol. The standard InChI is InChI=1S/C13H21NO5S/c15-12(10-2-1-3-11(6-10)13(16)17)14-7-9-4-5-20(18,19)8-9/h9-11H,1-8H2,(H,14,15)(H,16,17). The van der Waals surface area contributed by atoms with Gasteiger partial charge >= 0.3 is 5.97 Å². The maximum Gasteiger partial charge on any atom is 0.306 e. The van der Waals surface area contributed by atoms with Gasteiger partial charge in [0.25, 0.3) is 0 Å². The van der Waals surface area contributed by atoms with Crippen molar-refractivity contribution in [2.24, 2.45) is 17.8 Å². The first kappa shape index (κ1) is 15.3. The Hall–Kier alpha value is -1.11. The second kappa shape index (κ2) is 6.11. The number of amides is 1. The highest BCUT2D eigenvalue weighted by Crippen LogP contribution is 2.29. The van der Waals surface area contributed by atoms with Crippen LogP contribution in [0.2, 0.25) is 0 Å². The van der Waals surface area contributed by atoms with Gasteiger partial charge in [-0.25, -0.2) is 8.42 Å². The number of rotatable bonds is 4. The van der Waals surface area contributed by atoms with Crippen LogP contribution in [0.3, 0.4) is 0 Å². The van der Waals surface area contributed by atoms with Gasteiger partial charge in [0.05, 0.1) is 17.4 Å². The summed E-state index contributed by atoms with van der Waals surface area (Å²) in [4.78, 5) is 23.0. The summed E-state index contributed by atoms with van der Waals surface area (Å²) < 4.78 is 22.7. The summed E-state index contributed by atoms with van der Waals surface area (Å²) in [5.74, 6) is -1.27. The second-order valence-electron chi connectivity index (χ2n) is 5.91. The molecular weight excluding hydrogens is 282 g/mol. The van der Waals surface area contributed by atoms with Crippen molar-refractivity contribution in [3.63, 3.8) is 0 Å². The largest absolute Gasteiger partial charge is 0.481 e. The summed E-state index contributed by atoms with van der Waals surface area (Å²) in [5, 5.41) is 11.8. The van der Waals surface area contributed by atoms with Crippen LogP contribution < -0.4 is 5.32 Å². The molecule has 0 aromatic rings. The van der Waals surface area contributed by atoms with E-state index < -0.39 is 21.7 Å². The van der Waals surface area contributed by atoms with Gasteiger partial charge in [0.1, 0.15) is 0 Å². The van der Waals surface area contributed by atoms with Crippen molar-refractivity contribution in [2.45, 2.75) is 32.1 Å². The molecule has 3 atom stereocenters. The van der Waals surface area contributed by atoms with Crippen LogP contribution in [0, 0.1) is 17.8 Å². The van der Waals surface area contributed by atoms with Crippen LogP contribution in [0.1, 0.15) is 32.1 Å². The topological polar surface area (TPSA) is 101 Å². The van der Waals surface area contributed by atoms with E-state index in [2.05, 4.69) is 5.32 Å². The first-order chi connectivity index (χ1) is 9.37. The lowest BCUT2D eigenvalue weighted by molar-refractivity contribution is -0.144. The molecule has 1 saturated carbocycles. The molecule has 3 unspecified atom stereocenters. The van der Waals surface area contributed by atoms with Gasteiger partial charge in [-0.15, -0.1) is 0 Å². The van der Waals surface area contributed by atoms with E-state index in [-0.39, 0.29) is 29.2 Å². The van der Waals surface area contributed by atoms with E-state index in [4.69, 9.17) is 5.11 Å². The molecule has 1 heterocycles. The van der Waals surface area contributed by atoms with E-state index in [1.807, 2.05) is 0 Å². The van der Waals surface area contributed by atoms with Crippen LogP contribution >= 0.6 is 0 Å². The number of carboxylic acids is 1. The second-order valence-corrected chi connectivity index (χ2v) is 8.14. The average molecular weight is 303 g/mol. The summed E-state index contributed by atoms with van der Waals surface area (Å²) >= 11 is 0. The van der Waals surface area contributed by atoms with Gasteiger partial charge in [-0.05, 0) is 31.6 Å². The Morgan fingerprint density at radius 3 is 2.45 bits per heavy atom. The molecule has 1 aliphatic carbocycles. The molecule has 0 radical (unpaired) electrons. The highest BCUT2D eigenvalue weighted by Gasteiger charge is 2.32. The number of carbonyl (C=O) groups excluding carboxylic acids is 1. The summed E-state index contributed by atoms with van der Waals surface area (Å²) in [6, 6.07) is 0. The summed E-state index contributed by atoms with van der Waals surface area (Å²) in [6.45, 7) is 0.381. The zero-order valence-electron chi connectivity index (χ0n) is 11.4. The third-order valence-corrected chi connectivity index (χ3v) is 6.12. The molecule has 1 aliphatic heterocycles. The van der Waals surface area contributed by atoms with Crippen LogP contribution in [0.25, 0.3) is 0 Å². The van der Waals surface area contributed by atoms with Crippen molar-refractivity contribution in [1.29, 1.82) is 0 Å². The molecule has 0 aromatic heterocycles. The molecule has 2 fully saturated rings. The molecule has 2 aliphatic rings. The fraction of sp³-hybridized carbons (Fsp3) is 0.846. The van der Waals surface area contributed by atoms with Crippen LogP contribution in [0.15, 0.2) is 0 Å². The quantitative estimate of drug-likeness (QED) is 0.784. The van der Waals surface area contributed by atoms with E-state index in [9.17, 15) is 18.0 Å². The SMILES string of the molecule is O=C(O)C1CCCC(C(=O)NCC2CCS(=O)(=O)C2)C1. The highest BCUT2D eigenvalue weighted by molar-refractivity contribution is 7.91. The van der Waals surface area contributed by atoms with E-state index in [0.29, 0.717) is 25.8 Å². The van der Waals surface area contributed by atoms with E-state index in [0.717, 1.165) is 12.8 Å². The van der Waals surface area contributed by atoms with Crippen molar-refractivity contribution in [1.82, 2.24) is 5.32 Å². The third-order valence-electron chi connectivity index (χ3n) is 4.29. The lowest BCUT2D eigenvalue weighted by Gasteiger charge is -2.26. The Morgan fingerprint density at radius 2 is 1.85 bits per heavy atom. The van der Waals surface area contributed by atoms with E-state index in [1.165, 1.54) is 0 Å². The molecule has 0 bridgehead atoms. The number of carboxylic acid groups (broad SMARTS) is 1. The Bertz CT molecular complexity index is 487. The number of aliphatic carboxylic acids is 1. The minimum Gasteiger partial charge on any atom is -0.481 e. The molecule has 6 nitrogen and oxygen atoms in total. The Kier molecular flexibility index (Phi) is 4.67. The van der Waals surface area contributed by atoms with E-state index in [1.54, 1.807) is 0 Å². The first-order valence-electron chi connectivity index (χ1n) is 7.08. The molecule has 20 heavy (non-hydrogen) atoms. The van der Waals surface area contributed by atoms with E-state index >= 15 is 0 Å². The predicted octanol–water partition coefficient (Wildman–Crippen LogP) is 0.428. The number of sulfone groups is 1. The number of hydrogen-bond donors (Lipinski definition) is 2. The maximum atomic E-state index is 12.0. The van der Waals surface area contributed by atoms with Gasteiger partial charge in [-0.3, -0.25) is 9.59 Å². The lowest BCUT2D eigenvalue weighted by Crippen LogP contribution is -2.38. The average Bonchev–Trinajstić information content (AvgIpc) is 2.75. The predicted molar refractivity (Wildman–Crippen MR) is 72.9 cm³/mol. The smallest absolute Gasteiger partial charge is 0.306 e. The van der Waals surface area contributed by atoms with Crippen molar-refractivity contribution in [2.75, 3.05) is 18.1 Å².